The Labute approximate surface area is 155 Å². The summed E-state index contributed by atoms with van der Waals surface area (Å²) in [4.78, 5) is 19.4. The van der Waals surface area contributed by atoms with Crippen molar-refractivity contribution in [1.29, 1.82) is 5.26 Å². The molecule has 0 amide bonds. The second kappa shape index (κ2) is 6.89. The molecule has 0 spiro atoms. The van der Waals surface area contributed by atoms with Crippen LogP contribution in [0, 0.1) is 11.3 Å². The maximum atomic E-state index is 12.5. The van der Waals surface area contributed by atoms with Crippen LogP contribution in [0.25, 0.3) is 16.9 Å². The largest absolute Gasteiger partial charge is 0.291 e. The highest BCUT2D eigenvalue weighted by Gasteiger charge is 2.13. The first-order valence-corrected chi connectivity index (χ1v) is 8.73. The average Bonchev–Trinajstić information content (AvgIpc) is 3.17. The zero-order valence-corrected chi connectivity index (χ0v) is 14.8. The molecule has 0 radical (unpaired) electrons. The number of H-pyrrole nitrogens is 1. The molecule has 0 atom stereocenters. The quantitative estimate of drug-likeness (QED) is 0.609. The van der Waals surface area contributed by atoms with E-state index in [1.54, 1.807) is 4.52 Å². The number of aryl methyl sites for hydroxylation is 1. The van der Waals surface area contributed by atoms with Crippen LogP contribution >= 0.6 is 0 Å². The minimum atomic E-state index is -0.133. The predicted molar refractivity (Wildman–Crippen MR) is 102 cm³/mol. The lowest BCUT2D eigenvalue weighted by atomic mass is 9.97. The third kappa shape index (κ3) is 3.00. The fraction of sp³-hybridized carbons (Fsp3) is 0.143. The van der Waals surface area contributed by atoms with Crippen molar-refractivity contribution in [3.8, 4) is 17.2 Å². The van der Waals surface area contributed by atoms with Crippen LogP contribution in [0.4, 0.5) is 0 Å². The molecule has 0 saturated carbocycles. The number of fused-ring (bicyclic) bond motifs is 1. The lowest BCUT2D eigenvalue weighted by Crippen LogP contribution is -2.20. The predicted octanol–water partition coefficient (Wildman–Crippen LogP) is 3.11. The maximum Gasteiger partial charge on any atom is 0.256 e. The molecule has 0 saturated heterocycles. The van der Waals surface area contributed by atoms with Crippen molar-refractivity contribution in [3.63, 3.8) is 0 Å². The lowest BCUT2D eigenvalue weighted by Gasteiger charge is -2.10. The number of rotatable bonds is 4. The fourth-order valence-electron chi connectivity index (χ4n) is 3.34. The second-order valence-corrected chi connectivity index (χ2v) is 6.26. The molecule has 27 heavy (non-hydrogen) atoms. The molecule has 132 valence electrons. The van der Waals surface area contributed by atoms with Gasteiger partial charge in [0.1, 0.15) is 6.33 Å². The third-order valence-corrected chi connectivity index (χ3v) is 4.68. The normalized spacial score (nSPS) is 10.8. The third-order valence-electron chi connectivity index (χ3n) is 4.68. The van der Waals surface area contributed by atoms with Crippen molar-refractivity contribution in [2.45, 2.75) is 19.8 Å². The van der Waals surface area contributed by atoms with Gasteiger partial charge in [0.05, 0.1) is 17.3 Å². The summed E-state index contributed by atoms with van der Waals surface area (Å²) in [7, 11) is 0. The van der Waals surface area contributed by atoms with Gasteiger partial charge in [0.2, 0.25) is 5.78 Å². The average molecular weight is 355 g/mol. The Morgan fingerprint density at radius 2 is 1.93 bits per heavy atom. The summed E-state index contributed by atoms with van der Waals surface area (Å²) in [6.07, 6.45) is 2.64. The van der Waals surface area contributed by atoms with Crippen molar-refractivity contribution >= 4 is 5.78 Å². The maximum absolute atomic E-state index is 12.5. The fourth-order valence-corrected chi connectivity index (χ4v) is 3.34. The van der Waals surface area contributed by atoms with Crippen molar-refractivity contribution in [2.24, 2.45) is 0 Å². The molecule has 0 bridgehead atoms. The van der Waals surface area contributed by atoms with E-state index >= 15 is 0 Å². The van der Waals surface area contributed by atoms with E-state index in [-0.39, 0.29) is 5.56 Å². The molecular weight excluding hydrogens is 338 g/mol. The van der Waals surface area contributed by atoms with E-state index in [9.17, 15) is 10.1 Å². The Bertz CT molecular complexity index is 1210. The summed E-state index contributed by atoms with van der Waals surface area (Å²) in [6.45, 7) is 2.00. The van der Waals surface area contributed by atoms with Crippen molar-refractivity contribution in [2.75, 3.05) is 0 Å². The number of aromatic nitrogens is 4. The van der Waals surface area contributed by atoms with Crippen LogP contribution < -0.4 is 5.56 Å². The first kappa shape index (κ1) is 16.7. The van der Waals surface area contributed by atoms with Gasteiger partial charge in [0.15, 0.2) is 0 Å². The topological polar surface area (TPSA) is 86.8 Å². The molecule has 2 aromatic heterocycles. The number of aromatic amines is 1. The van der Waals surface area contributed by atoms with Crippen LogP contribution in [-0.2, 0) is 12.8 Å². The molecule has 6 heteroatoms. The van der Waals surface area contributed by atoms with Crippen molar-refractivity contribution in [1.82, 2.24) is 19.6 Å². The summed E-state index contributed by atoms with van der Waals surface area (Å²) in [5, 5.41) is 13.5. The molecule has 4 rings (SSSR count). The van der Waals surface area contributed by atoms with E-state index in [1.807, 2.05) is 55.5 Å². The van der Waals surface area contributed by atoms with Gasteiger partial charge in [0.25, 0.3) is 5.56 Å². The van der Waals surface area contributed by atoms with E-state index in [2.05, 4.69) is 21.1 Å². The molecule has 6 nitrogen and oxygen atoms in total. The number of hydrogen-bond acceptors (Lipinski definition) is 4. The summed E-state index contributed by atoms with van der Waals surface area (Å²) < 4.78 is 1.69. The van der Waals surface area contributed by atoms with Crippen LogP contribution in [0.2, 0.25) is 0 Å². The molecule has 0 aliphatic rings. The van der Waals surface area contributed by atoms with Gasteiger partial charge in [0, 0.05) is 12.0 Å². The molecular formula is C21H17N5O. The summed E-state index contributed by atoms with van der Waals surface area (Å²) >= 11 is 0. The number of hydrogen-bond donors (Lipinski definition) is 1. The Morgan fingerprint density at radius 1 is 1.15 bits per heavy atom. The summed E-state index contributed by atoms with van der Waals surface area (Å²) in [6, 6.07) is 17.7. The molecule has 2 heterocycles. The van der Waals surface area contributed by atoms with Crippen LogP contribution in [0.15, 0.2) is 59.7 Å². The van der Waals surface area contributed by atoms with Gasteiger partial charge in [-0.3, -0.25) is 9.78 Å². The van der Waals surface area contributed by atoms with E-state index in [4.69, 9.17) is 0 Å². The number of nitrogens with one attached hydrogen (secondary N) is 1. The Kier molecular flexibility index (Phi) is 4.27. The zero-order valence-electron chi connectivity index (χ0n) is 14.8. The summed E-state index contributed by atoms with van der Waals surface area (Å²) in [5.41, 5.74) is 4.98. The van der Waals surface area contributed by atoms with Gasteiger partial charge >= 0.3 is 0 Å². The summed E-state index contributed by atoms with van der Waals surface area (Å²) in [5.74, 6) is 0.462. The van der Waals surface area contributed by atoms with Gasteiger partial charge in [-0.05, 0) is 29.2 Å². The van der Waals surface area contributed by atoms with Gasteiger partial charge in [-0.2, -0.15) is 15.3 Å². The van der Waals surface area contributed by atoms with Crippen LogP contribution in [0.5, 0.6) is 0 Å². The monoisotopic (exact) mass is 355 g/mol. The second-order valence-electron chi connectivity index (χ2n) is 6.26. The molecule has 0 aliphatic carbocycles. The van der Waals surface area contributed by atoms with Gasteiger partial charge in [-0.15, -0.1) is 0 Å². The molecule has 2 aromatic carbocycles. The lowest BCUT2D eigenvalue weighted by molar-refractivity contribution is 0.814. The highest BCUT2D eigenvalue weighted by atomic mass is 16.1. The van der Waals surface area contributed by atoms with Gasteiger partial charge < -0.3 is 0 Å². The van der Waals surface area contributed by atoms with Crippen LogP contribution in [0.3, 0.4) is 0 Å². The highest BCUT2D eigenvalue weighted by Crippen LogP contribution is 2.24. The van der Waals surface area contributed by atoms with Gasteiger partial charge in [-0.1, -0.05) is 49.4 Å². The molecule has 0 fully saturated rings. The Balaban J connectivity index is 1.70. The SMILES string of the molecule is CCc1c(Cc2ccc(-c3ccccc3C#N)cc2)c(=O)[nH]c2ncnn12. The Morgan fingerprint density at radius 3 is 2.67 bits per heavy atom. The number of nitrogens with zero attached hydrogens (tertiary/aromatic N) is 4. The van der Waals surface area contributed by atoms with Crippen LogP contribution in [0.1, 0.15) is 29.3 Å². The zero-order chi connectivity index (χ0) is 18.8. The van der Waals surface area contributed by atoms with E-state index in [0.29, 0.717) is 29.7 Å². The van der Waals surface area contributed by atoms with Crippen molar-refractivity contribution < 1.29 is 0 Å². The van der Waals surface area contributed by atoms with E-state index in [0.717, 1.165) is 22.4 Å². The van der Waals surface area contributed by atoms with Gasteiger partial charge in [-0.25, -0.2) is 4.52 Å². The first-order valence-electron chi connectivity index (χ1n) is 8.73. The van der Waals surface area contributed by atoms with Crippen molar-refractivity contribution in [3.05, 3.63) is 87.6 Å². The first-order chi connectivity index (χ1) is 13.2. The van der Waals surface area contributed by atoms with E-state index < -0.39 is 0 Å². The molecule has 0 aliphatic heterocycles. The molecule has 4 aromatic rings. The molecule has 0 unspecified atom stereocenters. The number of nitriles is 1. The standard InChI is InChI=1S/C21H17N5O/c1-2-19-18(20(27)25-21-23-13-24-26(19)21)11-14-7-9-15(10-8-14)17-6-4-3-5-16(17)12-22/h3-10,13H,2,11H2,1H3,(H,23,24,25,27). The number of benzene rings is 2. The minimum Gasteiger partial charge on any atom is -0.291 e. The smallest absolute Gasteiger partial charge is 0.256 e. The molecule has 1 N–H and O–H groups in total. The minimum absolute atomic E-state index is 0.133. The van der Waals surface area contributed by atoms with E-state index in [1.165, 1.54) is 6.33 Å². The van der Waals surface area contributed by atoms with Crippen LogP contribution in [-0.4, -0.2) is 19.6 Å². The Hall–Kier alpha value is -3.72. The highest BCUT2D eigenvalue weighted by molar-refractivity contribution is 5.70.